The number of hydrogen-bond donors (Lipinski definition) is 1. The van der Waals surface area contributed by atoms with E-state index in [2.05, 4.69) is 39.6 Å². The summed E-state index contributed by atoms with van der Waals surface area (Å²) in [6.45, 7) is 5.45. The molecular formula is C22H26N4. The first-order valence-electron chi connectivity index (χ1n) is 9.73. The van der Waals surface area contributed by atoms with Gasteiger partial charge in [-0.1, -0.05) is 11.6 Å². The minimum absolute atomic E-state index is 0.0133. The minimum atomic E-state index is -0.0133. The summed E-state index contributed by atoms with van der Waals surface area (Å²) in [6, 6.07) is 11.6. The highest BCUT2D eigenvalue weighted by atomic mass is 15.2. The molecule has 3 aromatic rings. The van der Waals surface area contributed by atoms with Crippen LogP contribution in [0.3, 0.4) is 0 Å². The van der Waals surface area contributed by atoms with Crippen LogP contribution < -0.4 is 5.73 Å². The quantitative estimate of drug-likeness (QED) is 0.786. The van der Waals surface area contributed by atoms with Gasteiger partial charge in [0.05, 0.1) is 0 Å². The lowest BCUT2D eigenvalue weighted by atomic mass is 9.95. The third-order valence-corrected chi connectivity index (χ3v) is 6.22. The summed E-state index contributed by atoms with van der Waals surface area (Å²) >= 11 is 0. The predicted octanol–water partition coefficient (Wildman–Crippen LogP) is 3.74. The summed E-state index contributed by atoms with van der Waals surface area (Å²) in [5, 5.41) is 1.44. The highest BCUT2D eigenvalue weighted by molar-refractivity contribution is 5.87. The number of aromatic nitrogens is 2. The topological polar surface area (TPSA) is 47.1 Å². The average molecular weight is 346 g/mol. The van der Waals surface area contributed by atoms with Gasteiger partial charge in [0.25, 0.3) is 0 Å². The summed E-state index contributed by atoms with van der Waals surface area (Å²) in [4.78, 5) is 6.80. The summed E-state index contributed by atoms with van der Waals surface area (Å²) in [5.74, 6) is 0. The fourth-order valence-corrected chi connectivity index (χ4v) is 4.98. The van der Waals surface area contributed by atoms with Crippen LogP contribution in [0.1, 0.15) is 47.3 Å². The molecule has 0 amide bonds. The van der Waals surface area contributed by atoms with Gasteiger partial charge < -0.3 is 10.3 Å². The van der Waals surface area contributed by atoms with Gasteiger partial charge in [0.15, 0.2) is 0 Å². The van der Waals surface area contributed by atoms with Gasteiger partial charge in [-0.3, -0.25) is 9.88 Å². The van der Waals surface area contributed by atoms with Crippen molar-refractivity contribution in [2.24, 2.45) is 5.73 Å². The lowest BCUT2D eigenvalue weighted by Gasteiger charge is -2.31. The van der Waals surface area contributed by atoms with Gasteiger partial charge in [-0.05, 0) is 61.7 Å². The lowest BCUT2D eigenvalue weighted by molar-refractivity contribution is 0.241. The van der Waals surface area contributed by atoms with E-state index < -0.39 is 0 Å². The Morgan fingerprint density at radius 2 is 2.04 bits per heavy atom. The maximum atomic E-state index is 6.59. The van der Waals surface area contributed by atoms with Gasteiger partial charge in [0, 0.05) is 60.6 Å². The van der Waals surface area contributed by atoms with E-state index in [4.69, 9.17) is 5.73 Å². The molecule has 2 aliphatic heterocycles. The number of nitrogens with two attached hydrogens (primary N) is 1. The predicted molar refractivity (Wildman–Crippen MR) is 105 cm³/mol. The third kappa shape index (κ3) is 2.48. The first-order valence-corrected chi connectivity index (χ1v) is 9.73. The zero-order valence-electron chi connectivity index (χ0n) is 15.4. The van der Waals surface area contributed by atoms with E-state index in [9.17, 15) is 0 Å². The summed E-state index contributed by atoms with van der Waals surface area (Å²) in [6.07, 6.45) is 7.40. The number of benzene rings is 1. The van der Waals surface area contributed by atoms with Crippen LogP contribution in [0, 0.1) is 6.92 Å². The molecule has 4 heterocycles. The SMILES string of the molecule is Cc1ccc2c(c1)c1c(n2CC(N)c2ccncc2)CCN2CCCC12. The second kappa shape index (κ2) is 6.22. The summed E-state index contributed by atoms with van der Waals surface area (Å²) in [7, 11) is 0. The molecule has 134 valence electrons. The molecule has 0 bridgehead atoms. The van der Waals surface area contributed by atoms with Crippen LogP contribution in [0.25, 0.3) is 10.9 Å². The second-order valence-electron chi connectivity index (χ2n) is 7.82. The molecule has 0 aliphatic carbocycles. The van der Waals surface area contributed by atoms with Crippen LogP contribution in [0.5, 0.6) is 0 Å². The number of pyridine rings is 1. The molecule has 2 N–H and O–H groups in total. The Morgan fingerprint density at radius 1 is 1.19 bits per heavy atom. The molecule has 0 radical (unpaired) electrons. The molecular weight excluding hydrogens is 320 g/mol. The fraction of sp³-hybridized carbons (Fsp3) is 0.409. The summed E-state index contributed by atoms with van der Waals surface area (Å²) in [5.41, 5.74) is 13.5. The Balaban J connectivity index is 1.64. The number of hydrogen-bond acceptors (Lipinski definition) is 3. The second-order valence-corrected chi connectivity index (χ2v) is 7.82. The molecule has 5 rings (SSSR count). The molecule has 4 nitrogen and oxygen atoms in total. The smallest absolute Gasteiger partial charge is 0.0486 e. The van der Waals surface area contributed by atoms with Gasteiger partial charge >= 0.3 is 0 Å². The Labute approximate surface area is 154 Å². The van der Waals surface area contributed by atoms with Gasteiger partial charge in [-0.2, -0.15) is 0 Å². The van der Waals surface area contributed by atoms with Crippen LogP contribution in [-0.2, 0) is 13.0 Å². The zero-order valence-corrected chi connectivity index (χ0v) is 15.4. The first kappa shape index (κ1) is 16.0. The Morgan fingerprint density at radius 3 is 2.88 bits per heavy atom. The molecule has 2 unspecified atom stereocenters. The van der Waals surface area contributed by atoms with Gasteiger partial charge in [0.2, 0.25) is 0 Å². The molecule has 2 aromatic heterocycles. The number of rotatable bonds is 3. The van der Waals surface area contributed by atoms with E-state index in [0.717, 1.165) is 18.5 Å². The van der Waals surface area contributed by atoms with E-state index in [-0.39, 0.29) is 6.04 Å². The first-order chi connectivity index (χ1) is 12.7. The van der Waals surface area contributed by atoms with Crippen LogP contribution in [0.2, 0.25) is 0 Å². The Hall–Kier alpha value is -2.17. The molecule has 26 heavy (non-hydrogen) atoms. The highest BCUT2D eigenvalue weighted by Crippen LogP contribution is 2.43. The van der Waals surface area contributed by atoms with Crippen molar-refractivity contribution in [3.8, 4) is 0 Å². The molecule has 2 aliphatic rings. The lowest BCUT2D eigenvalue weighted by Crippen LogP contribution is -2.32. The van der Waals surface area contributed by atoms with Crippen molar-refractivity contribution in [3.05, 3.63) is 65.1 Å². The van der Waals surface area contributed by atoms with E-state index in [1.165, 1.54) is 48.1 Å². The molecule has 1 aromatic carbocycles. The minimum Gasteiger partial charge on any atom is -0.342 e. The van der Waals surface area contributed by atoms with Crippen LogP contribution >= 0.6 is 0 Å². The van der Waals surface area contributed by atoms with Gasteiger partial charge in [-0.15, -0.1) is 0 Å². The zero-order chi connectivity index (χ0) is 17.7. The molecule has 0 spiro atoms. The van der Waals surface area contributed by atoms with Crippen LogP contribution in [0.4, 0.5) is 0 Å². The fourth-order valence-electron chi connectivity index (χ4n) is 4.98. The van der Waals surface area contributed by atoms with Gasteiger partial charge in [-0.25, -0.2) is 0 Å². The van der Waals surface area contributed by atoms with Crippen molar-refractivity contribution in [3.63, 3.8) is 0 Å². The van der Waals surface area contributed by atoms with Crippen molar-refractivity contribution >= 4 is 10.9 Å². The molecule has 2 atom stereocenters. The van der Waals surface area contributed by atoms with E-state index in [1.54, 1.807) is 5.56 Å². The van der Waals surface area contributed by atoms with E-state index in [1.807, 2.05) is 24.5 Å². The monoisotopic (exact) mass is 346 g/mol. The Kier molecular flexibility index (Phi) is 3.84. The largest absolute Gasteiger partial charge is 0.342 e. The van der Waals surface area contributed by atoms with Crippen molar-refractivity contribution in [2.75, 3.05) is 13.1 Å². The van der Waals surface area contributed by atoms with Crippen LogP contribution in [0.15, 0.2) is 42.7 Å². The number of aryl methyl sites for hydroxylation is 1. The molecule has 1 fully saturated rings. The highest BCUT2D eigenvalue weighted by Gasteiger charge is 2.35. The summed E-state index contributed by atoms with van der Waals surface area (Å²) < 4.78 is 2.50. The Bertz CT molecular complexity index is 944. The maximum absolute atomic E-state index is 6.59. The number of fused-ring (bicyclic) bond motifs is 5. The standard InChI is InChI=1S/C22H26N4/c1-15-4-5-19-17(13-15)22-20-3-2-11-25(20)12-8-21(22)26(19)14-18(23)16-6-9-24-10-7-16/h4-7,9-10,13,18,20H,2-3,8,11-12,14,23H2,1H3. The van der Waals surface area contributed by atoms with Gasteiger partial charge in [0.1, 0.15) is 0 Å². The van der Waals surface area contributed by atoms with Crippen molar-refractivity contribution < 1.29 is 0 Å². The normalized spacial score (nSPS) is 20.9. The molecule has 1 saturated heterocycles. The average Bonchev–Trinajstić information content (AvgIpc) is 3.25. The van der Waals surface area contributed by atoms with E-state index in [0.29, 0.717) is 6.04 Å². The maximum Gasteiger partial charge on any atom is 0.0486 e. The van der Waals surface area contributed by atoms with Crippen molar-refractivity contribution in [1.82, 2.24) is 14.5 Å². The third-order valence-electron chi connectivity index (χ3n) is 6.22. The van der Waals surface area contributed by atoms with Crippen LogP contribution in [-0.4, -0.2) is 27.5 Å². The van der Waals surface area contributed by atoms with Crippen molar-refractivity contribution in [1.29, 1.82) is 0 Å². The van der Waals surface area contributed by atoms with E-state index >= 15 is 0 Å². The molecule has 4 heteroatoms. The molecule has 0 saturated carbocycles. The number of nitrogens with zero attached hydrogens (tertiary/aromatic N) is 3. The van der Waals surface area contributed by atoms with Crippen molar-refractivity contribution in [2.45, 2.75) is 44.8 Å².